The van der Waals surface area contributed by atoms with Crippen LogP contribution in [-0.2, 0) is 10.8 Å². The van der Waals surface area contributed by atoms with E-state index in [0.717, 1.165) is 16.0 Å². The van der Waals surface area contributed by atoms with Gasteiger partial charge in [-0.1, -0.05) is 57.5 Å². The highest BCUT2D eigenvalue weighted by Gasteiger charge is 2.40. The van der Waals surface area contributed by atoms with Crippen LogP contribution in [0.5, 0.6) is 11.5 Å². The Bertz CT molecular complexity index is 546. The fraction of sp³-hybridized carbons (Fsp3) is 0.647. The van der Waals surface area contributed by atoms with Crippen LogP contribution in [0.3, 0.4) is 0 Å². The normalized spacial score (nSPS) is 17.4. The van der Waals surface area contributed by atoms with Gasteiger partial charge in [0.2, 0.25) is 5.79 Å². The van der Waals surface area contributed by atoms with Crippen LogP contribution in [0.4, 0.5) is 0 Å². The predicted octanol–water partition coefficient (Wildman–Crippen LogP) is 5.55. The van der Waals surface area contributed by atoms with Gasteiger partial charge in [-0.2, -0.15) is 0 Å². The lowest BCUT2D eigenvalue weighted by atomic mass is 9.81. The zero-order chi connectivity index (χ0) is 15.5. The van der Waals surface area contributed by atoms with Crippen LogP contribution in [0.15, 0.2) is 10.5 Å². The third kappa shape index (κ3) is 2.69. The highest BCUT2D eigenvalue weighted by atomic mass is 79.9. The molecular weight excluding hydrogens is 316 g/mol. The average molecular weight is 341 g/mol. The van der Waals surface area contributed by atoms with Crippen molar-refractivity contribution < 1.29 is 9.47 Å². The van der Waals surface area contributed by atoms with Crippen LogP contribution in [0.2, 0.25) is 0 Å². The molecule has 20 heavy (non-hydrogen) atoms. The molecule has 0 radical (unpaired) electrons. The molecule has 0 spiro atoms. The van der Waals surface area contributed by atoms with Gasteiger partial charge >= 0.3 is 0 Å². The second-order valence-electron chi connectivity index (χ2n) is 8.04. The third-order valence-corrected chi connectivity index (χ3v) is 4.07. The Morgan fingerprint density at radius 3 is 1.85 bits per heavy atom. The summed E-state index contributed by atoms with van der Waals surface area (Å²) in [7, 11) is 0. The van der Waals surface area contributed by atoms with Gasteiger partial charge in [0.25, 0.3) is 0 Å². The summed E-state index contributed by atoms with van der Waals surface area (Å²) >= 11 is 3.73. The molecule has 2 rings (SSSR count). The molecule has 0 unspecified atom stereocenters. The number of fused-ring (bicyclic) bond motifs is 1. The fourth-order valence-electron chi connectivity index (χ4n) is 2.58. The first-order chi connectivity index (χ1) is 8.83. The number of ether oxygens (including phenoxy) is 2. The number of hydrogen-bond donors (Lipinski definition) is 0. The summed E-state index contributed by atoms with van der Waals surface area (Å²) in [5, 5.41) is 0. The molecule has 1 aromatic rings. The molecule has 0 N–H and O–H groups in total. The van der Waals surface area contributed by atoms with Gasteiger partial charge in [-0.15, -0.1) is 0 Å². The lowest BCUT2D eigenvalue weighted by Crippen LogP contribution is -2.30. The van der Waals surface area contributed by atoms with Crippen molar-refractivity contribution in [2.45, 2.75) is 72.0 Å². The molecule has 0 saturated carbocycles. The van der Waals surface area contributed by atoms with Crippen molar-refractivity contribution in [3.63, 3.8) is 0 Å². The van der Waals surface area contributed by atoms with E-state index in [9.17, 15) is 0 Å². The second kappa shape index (κ2) is 4.40. The van der Waals surface area contributed by atoms with Gasteiger partial charge in [-0.3, -0.25) is 0 Å². The molecule has 1 aromatic carbocycles. The summed E-state index contributed by atoms with van der Waals surface area (Å²) < 4.78 is 13.3. The maximum Gasteiger partial charge on any atom is 0.246 e. The first-order valence-electron chi connectivity index (χ1n) is 7.08. The van der Waals surface area contributed by atoms with Crippen molar-refractivity contribution >= 4 is 15.9 Å². The van der Waals surface area contributed by atoms with Crippen molar-refractivity contribution in [3.8, 4) is 11.5 Å². The van der Waals surface area contributed by atoms with Crippen molar-refractivity contribution in [1.82, 2.24) is 0 Å². The maximum atomic E-state index is 6.12. The van der Waals surface area contributed by atoms with Gasteiger partial charge < -0.3 is 9.47 Å². The average Bonchev–Trinajstić information content (AvgIpc) is 2.47. The minimum Gasteiger partial charge on any atom is -0.449 e. The van der Waals surface area contributed by atoms with Gasteiger partial charge in [-0.25, -0.2) is 0 Å². The minimum atomic E-state index is -0.608. The summed E-state index contributed by atoms with van der Waals surface area (Å²) in [6.45, 7) is 17.1. The molecule has 1 heterocycles. The Labute approximate surface area is 131 Å². The second-order valence-corrected chi connectivity index (χ2v) is 8.90. The number of hydrogen-bond acceptors (Lipinski definition) is 2. The van der Waals surface area contributed by atoms with Crippen LogP contribution in [0.25, 0.3) is 0 Å². The van der Waals surface area contributed by atoms with E-state index < -0.39 is 5.79 Å². The van der Waals surface area contributed by atoms with Crippen LogP contribution in [0, 0.1) is 0 Å². The monoisotopic (exact) mass is 340 g/mol. The van der Waals surface area contributed by atoms with E-state index in [0.29, 0.717) is 0 Å². The van der Waals surface area contributed by atoms with Gasteiger partial charge in [-0.05, 0) is 16.9 Å². The number of halogens is 1. The molecule has 1 aliphatic heterocycles. The smallest absolute Gasteiger partial charge is 0.246 e. The zero-order valence-corrected chi connectivity index (χ0v) is 15.4. The van der Waals surface area contributed by atoms with Gasteiger partial charge in [0.05, 0.1) is 0 Å². The molecular formula is C17H25BrO2. The van der Waals surface area contributed by atoms with Crippen LogP contribution < -0.4 is 9.47 Å². The Morgan fingerprint density at radius 1 is 0.900 bits per heavy atom. The summed E-state index contributed by atoms with van der Waals surface area (Å²) in [6.07, 6.45) is 0. The molecule has 0 aromatic heterocycles. The van der Waals surface area contributed by atoms with E-state index in [1.165, 1.54) is 11.1 Å². The van der Waals surface area contributed by atoms with Crippen molar-refractivity contribution in [2.75, 3.05) is 0 Å². The summed E-state index contributed by atoms with van der Waals surface area (Å²) in [5.41, 5.74) is 2.35. The molecule has 0 aliphatic carbocycles. The highest BCUT2D eigenvalue weighted by molar-refractivity contribution is 9.10. The van der Waals surface area contributed by atoms with E-state index in [-0.39, 0.29) is 10.8 Å². The molecule has 2 nitrogen and oxygen atoms in total. The van der Waals surface area contributed by atoms with Gasteiger partial charge in [0.15, 0.2) is 11.5 Å². The van der Waals surface area contributed by atoms with Crippen LogP contribution >= 0.6 is 15.9 Å². The minimum absolute atomic E-state index is 0.00674. The van der Waals surface area contributed by atoms with Gasteiger partial charge in [0, 0.05) is 29.4 Å². The highest BCUT2D eigenvalue weighted by Crippen LogP contribution is 2.53. The molecule has 0 atom stereocenters. The van der Waals surface area contributed by atoms with Crippen molar-refractivity contribution in [3.05, 3.63) is 21.7 Å². The lowest BCUT2D eigenvalue weighted by molar-refractivity contribution is -0.0443. The Balaban J connectivity index is 2.77. The molecule has 0 saturated heterocycles. The summed E-state index contributed by atoms with van der Waals surface area (Å²) in [4.78, 5) is 0. The van der Waals surface area contributed by atoms with Crippen molar-refractivity contribution in [1.29, 1.82) is 0 Å². The third-order valence-electron chi connectivity index (χ3n) is 3.44. The van der Waals surface area contributed by atoms with E-state index in [4.69, 9.17) is 9.47 Å². The van der Waals surface area contributed by atoms with E-state index in [1.54, 1.807) is 0 Å². The van der Waals surface area contributed by atoms with Crippen LogP contribution in [-0.4, -0.2) is 5.79 Å². The standard InChI is InChI=1S/C17H25BrO2/c1-15(2,3)10-9-11(18)12(16(4,5)6)14-13(10)19-17(7,8)20-14/h9H,1-8H3. The van der Waals surface area contributed by atoms with E-state index in [2.05, 4.69) is 63.5 Å². The first-order valence-corrected chi connectivity index (χ1v) is 7.88. The Hall–Kier alpha value is -0.700. The molecule has 0 amide bonds. The topological polar surface area (TPSA) is 18.5 Å². The SMILES string of the molecule is CC1(C)Oc2c(C(C)(C)C)cc(Br)c(C(C)(C)C)c2O1. The quantitative estimate of drug-likeness (QED) is 0.616. The zero-order valence-electron chi connectivity index (χ0n) is 13.8. The number of rotatable bonds is 0. The molecule has 3 heteroatoms. The Morgan fingerprint density at radius 2 is 1.40 bits per heavy atom. The predicted molar refractivity (Wildman–Crippen MR) is 86.9 cm³/mol. The largest absolute Gasteiger partial charge is 0.449 e. The van der Waals surface area contributed by atoms with E-state index in [1.807, 2.05) is 13.8 Å². The molecule has 0 bridgehead atoms. The summed E-state index contributed by atoms with van der Waals surface area (Å²) in [5.74, 6) is 1.18. The molecule has 1 aliphatic rings. The fourth-order valence-corrected chi connectivity index (χ4v) is 3.58. The summed E-state index contributed by atoms with van der Waals surface area (Å²) in [6, 6.07) is 2.18. The maximum absolute atomic E-state index is 6.12. The lowest BCUT2D eigenvalue weighted by Gasteiger charge is -2.27. The molecule has 0 fully saturated rings. The Kier molecular flexibility index (Phi) is 3.45. The van der Waals surface area contributed by atoms with Gasteiger partial charge in [0.1, 0.15) is 0 Å². The molecule has 112 valence electrons. The van der Waals surface area contributed by atoms with Crippen LogP contribution in [0.1, 0.15) is 66.5 Å². The van der Waals surface area contributed by atoms with E-state index >= 15 is 0 Å². The van der Waals surface area contributed by atoms with Crippen molar-refractivity contribution in [2.24, 2.45) is 0 Å². The first kappa shape index (κ1) is 15.7. The number of benzene rings is 1.